The maximum atomic E-state index is 9.46. The molecule has 134 valence electrons. The van der Waals surface area contributed by atoms with E-state index in [9.17, 15) is 5.11 Å². The highest BCUT2D eigenvalue weighted by Gasteiger charge is 2.24. The second kappa shape index (κ2) is 7.87. The summed E-state index contributed by atoms with van der Waals surface area (Å²) in [5.74, 6) is 1.32. The summed E-state index contributed by atoms with van der Waals surface area (Å²) in [4.78, 5) is 0. The third kappa shape index (κ3) is 3.63. The number of ether oxygens (including phenoxy) is 4. The fraction of sp³-hybridized carbons (Fsp3) is 0.400. The van der Waals surface area contributed by atoms with Crippen molar-refractivity contribution in [1.29, 1.82) is 0 Å². The first-order valence-corrected chi connectivity index (χ1v) is 8.34. The average molecular weight is 344 g/mol. The molecule has 2 aromatic carbocycles. The summed E-state index contributed by atoms with van der Waals surface area (Å²) >= 11 is 0. The molecule has 1 fully saturated rings. The van der Waals surface area contributed by atoms with Crippen LogP contribution in [-0.4, -0.2) is 39.1 Å². The zero-order chi connectivity index (χ0) is 17.8. The summed E-state index contributed by atoms with van der Waals surface area (Å²) in [6, 6.07) is 9.95. The Balaban J connectivity index is 2.14. The molecular weight excluding hydrogens is 320 g/mol. The molecule has 3 rings (SSSR count). The van der Waals surface area contributed by atoms with Gasteiger partial charge in [0.25, 0.3) is 0 Å². The van der Waals surface area contributed by atoms with Crippen LogP contribution in [0.25, 0.3) is 11.1 Å². The number of aliphatic hydroxyl groups is 1. The van der Waals surface area contributed by atoms with Crippen molar-refractivity contribution in [3.05, 3.63) is 47.0 Å². The van der Waals surface area contributed by atoms with Gasteiger partial charge < -0.3 is 24.1 Å². The van der Waals surface area contributed by atoms with E-state index < -0.39 is 0 Å². The Kier molecular flexibility index (Phi) is 5.58. The molecular formula is C20H24O5. The highest BCUT2D eigenvalue weighted by atomic mass is 16.6. The quantitative estimate of drug-likeness (QED) is 0.902. The maximum absolute atomic E-state index is 9.46. The van der Waals surface area contributed by atoms with Crippen molar-refractivity contribution >= 4 is 0 Å². The van der Waals surface area contributed by atoms with E-state index in [0.717, 1.165) is 27.8 Å². The molecule has 0 aromatic heterocycles. The van der Waals surface area contributed by atoms with Gasteiger partial charge in [-0.05, 0) is 47.4 Å². The minimum absolute atomic E-state index is 0.00695. The summed E-state index contributed by atoms with van der Waals surface area (Å²) in [5.41, 5.74) is 4.94. The molecule has 0 spiro atoms. The van der Waals surface area contributed by atoms with Crippen LogP contribution < -0.4 is 9.47 Å². The second-order valence-corrected chi connectivity index (χ2v) is 6.04. The lowest BCUT2D eigenvalue weighted by Gasteiger charge is -2.26. The molecule has 1 aliphatic rings. The number of aryl methyl sites for hydroxylation is 1. The molecule has 1 unspecified atom stereocenters. The maximum Gasteiger partial charge on any atom is 0.166 e. The van der Waals surface area contributed by atoms with Crippen LogP contribution in [0.3, 0.4) is 0 Å². The van der Waals surface area contributed by atoms with E-state index in [1.165, 1.54) is 0 Å². The van der Waals surface area contributed by atoms with E-state index in [1.54, 1.807) is 14.2 Å². The van der Waals surface area contributed by atoms with E-state index in [4.69, 9.17) is 18.9 Å². The predicted octanol–water partition coefficient (Wildman–Crippen LogP) is 3.26. The van der Waals surface area contributed by atoms with Crippen LogP contribution in [0.1, 0.15) is 22.8 Å². The largest absolute Gasteiger partial charge is 0.493 e. The van der Waals surface area contributed by atoms with Crippen molar-refractivity contribution < 1.29 is 24.1 Å². The first-order chi connectivity index (χ1) is 12.2. The normalized spacial score (nSPS) is 17.4. The number of rotatable bonds is 5. The molecule has 0 aliphatic carbocycles. The molecule has 0 radical (unpaired) electrons. The van der Waals surface area contributed by atoms with Gasteiger partial charge >= 0.3 is 0 Å². The summed E-state index contributed by atoms with van der Waals surface area (Å²) in [6.07, 6.45) is -0.195. The minimum atomic E-state index is -0.195. The summed E-state index contributed by atoms with van der Waals surface area (Å²) in [7, 11) is 3.25. The Hall–Kier alpha value is -2.08. The molecule has 2 aromatic rings. The second-order valence-electron chi connectivity index (χ2n) is 6.04. The molecule has 0 saturated carbocycles. The van der Waals surface area contributed by atoms with E-state index >= 15 is 0 Å². The Morgan fingerprint density at radius 2 is 1.96 bits per heavy atom. The summed E-state index contributed by atoms with van der Waals surface area (Å²) < 4.78 is 22.6. The van der Waals surface area contributed by atoms with Gasteiger partial charge in [-0.25, -0.2) is 0 Å². The van der Waals surface area contributed by atoms with Crippen molar-refractivity contribution in [3.8, 4) is 22.6 Å². The first kappa shape index (κ1) is 17.7. The number of hydrogen-bond acceptors (Lipinski definition) is 5. The highest BCUT2D eigenvalue weighted by molar-refractivity contribution is 5.72. The number of hydrogen-bond donors (Lipinski definition) is 1. The van der Waals surface area contributed by atoms with Crippen molar-refractivity contribution in [3.63, 3.8) is 0 Å². The van der Waals surface area contributed by atoms with Crippen molar-refractivity contribution in [2.75, 3.05) is 34.0 Å². The smallest absolute Gasteiger partial charge is 0.166 e. The molecule has 1 saturated heterocycles. The van der Waals surface area contributed by atoms with Gasteiger partial charge in [0.1, 0.15) is 6.10 Å². The Labute approximate surface area is 148 Å². The van der Waals surface area contributed by atoms with Crippen LogP contribution in [0.15, 0.2) is 30.3 Å². The van der Waals surface area contributed by atoms with Gasteiger partial charge in [0.05, 0.1) is 40.6 Å². The van der Waals surface area contributed by atoms with Crippen LogP contribution in [0, 0.1) is 6.92 Å². The summed E-state index contributed by atoms with van der Waals surface area (Å²) in [5, 5.41) is 9.46. The van der Waals surface area contributed by atoms with Gasteiger partial charge in [0.15, 0.2) is 11.5 Å². The predicted molar refractivity (Wildman–Crippen MR) is 95.2 cm³/mol. The third-order valence-corrected chi connectivity index (χ3v) is 4.47. The molecule has 0 amide bonds. The van der Waals surface area contributed by atoms with Gasteiger partial charge in [-0.3, -0.25) is 0 Å². The Bertz CT molecular complexity index is 735. The molecule has 5 nitrogen and oxygen atoms in total. The zero-order valence-electron chi connectivity index (χ0n) is 14.9. The van der Waals surface area contributed by atoms with Gasteiger partial charge in [-0.1, -0.05) is 12.1 Å². The Morgan fingerprint density at radius 3 is 2.60 bits per heavy atom. The monoisotopic (exact) mass is 344 g/mol. The van der Waals surface area contributed by atoms with E-state index in [0.29, 0.717) is 31.3 Å². The van der Waals surface area contributed by atoms with Crippen LogP contribution in [0.5, 0.6) is 11.5 Å². The SMILES string of the molecule is COc1cc(-c2cc(CO)ccc2C)cc(C2COCCO2)c1OC. The van der Waals surface area contributed by atoms with Gasteiger partial charge in [0, 0.05) is 5.56 Å². The molecule has 25 heavy (non-hydrogen) atoms. The van der Waals surface area contributed by atoms with Gasteiger partial charge in [0.2, 0.25) is 0 Å². The zero-order valence-corrected chi connectivity index (χ0v) is 14.9. The molecule has 1 heterocycles. The average Bonchev–Trinajstić information content (AvgIpc) is 2.68. The summed E-state index contributed by atoms with van der Waals surface area (Å²) in [6.45, 7) is 3.70. The Morgan fingerprint density at radius 1 is 1.12 bits per heavy atom. The van der Waals surface area contributed by atoms with Crippen LogP contribution in [0.2, 0.25) is 0 Å². The molecule has 0 bridgehead atoms. The number of aliphatic hydroxyl groups excluding tert-OH is 1. The van der Waals surface area contributed by atoms with Gasteiger partial charge in [-0.15, -0.1) is 0 Å². The van der Waals surface area contributed by atoms with Crippen molar-refractivity contribution in [1.82, 2.24) is 0 Å². The third-order valence-electron chi connectivity index (χ3n) is 4.47. The lowest BCUT2D eigenvalue weighted by atomic mass is 9.94. The fourth-order valence-corrected chi connectivity index (χ4v) is 3.13. The molecule has 5 heteroatoms. The van der Waals surface area contributed by atoms with Crippen molar-refractivity contribution in [2.45, 2.75) is 19.6 Å². The van der Waals surface area contributed by atoms with Crippen LogP contribution in [0.4, 0.5) is 0 Å². The standard InChI is InChI=1S/C20H24O5/c1-13-4-5-14(11-21)8-16(13)15-9-17(19-12-24-6-7-25-19)20(23-3)18(10-15)22-2/h4-5,8-10,19,21H,6-7,11-12H2,1-3H3. The first-order valence-electron chi connectivity index (χ1n) is 8.34. The van der Waals surface area contributed by atoms with Crippen LogP contribution in [-0.2, 0) is 16.1 Å². The highest BCUT2D eigenvalue weighted by Crippen LogP contribution is 2.41. The molecule has 1 atom stereocenters. The lowest BCUT2D eigenvalue weighted by Crippen LogP contribution is -2.22. The lowest BCUT2D eigenvalue weighted by molar-refractivity contribution is -0.0908. The fourth-order valence-electron chi connectivity index (χ4n) is 3.13. The minimum Gasteiger partial charge on any atom is -0.493 e. The number of methoxy groups -OCH3 is 2. The van der Waals surface area contributed by atoms with E-state index in [2.05, 4.69) is 6.07 Å². The number of benzene rings is 2. The van der Waals surface area contributed by atoms with Crippen LogP contribution >= 0.6 is 0 Å². The van der Waals surface area contributed by atoms with E-state index in [-0.39, 0.29) is 12.7 Å². The van der Waals surface area contributed by atoms with Crippen molar-refractivity contribution in [2.24, 2.45) is 0 Å². The van der Waals surface area contributed by atoms with E-state index in [1.807, 2.05) is 31.2 Å². The van der Waals surface area contributed by atoms with Gasteiger partial charge in [-0.2, -0.15) is 0 Å². The topological polar surface area (TPSA) is 57.2 Å². The molecule has 1 aliphatic heterocycles. The molecule has 1 N–H and O–H groups in total.